The molecule has 1 heterocycles. The molecule has 0 saturated heterocycles. The van der Waals surface area contributed by atoms with Crippen molar-refractivity contribution in [2.75, 3.05) is 13.2 Å². The van der Waals surface area contributed by atoms with E-state index in [9.17, 15) is 13.2 Å². The summed E-state index contributed by atoms with van der Waals surface area (Å²) < 4.78 is 38.7. The van der Waals surface area contributed by atoms with Gasteiger partial charge >= 0.3 is 5.97 Å². The van der Waals surface area contributed by atoms with E-state index in [1.807, 2.05) is 13.8 Å². The number of nitrogens with one attached hydrogen (secondary N) is 1. The Labute approximate surface area is 161 Å². The van der Waals surface area contributed by atoms with Crippen molar-refractivity contribution in [1.29, 1.82) is 0 Å². The van der Waals surface area contributed by atoms with Crippen LogP contribution in [-0.2, 0) is 26.0 Å². The Morgan fingerprint density at radius 3 is 2.54 bits per heavy atom. The van der Waals surface area contributed by atoms with Crippen molar-refractivity contribution in [1.82, 2.24) is 4.72 Å². The molecular formula is C17H27ClN2O5S. The quantitative estimate of drug-likeness (QED) is 0.637. The van der Waals surface area contributed by atoms with E-state index in [2.05, 4.69) is 4.72 Å². The molecule has 1 aliphatic heterocycles. The lowest BCUT2D eigenvalue weighted by Gasteiger charge is -2.31. The molecule has 1 aromatic carbocycles. The number of hydrogen-bond donors (Lipinski definition) is 2. The summed E-state index contributed by atoms with van der Waals surface area (Å²) in [4.78, 5) is 11.9. The average molecular weight is 407 g/mol. The first-order valence-corrected chi connectivity index (χ1v) is 9.99. The molecule has 0 saturated carbocycles. The van der Waals surface area contributed by atoms with Crippen LogP contribution in [0.15, 0.2) is 23.1 Å². The lowest BCUT2D eigenvalue weighted by molar-refractivity contribution is -0.150. The molecule has 7 nitrogen and oxygen atoms in total. The van der Waals surface area contributed by atoms with Gasteiger partial charge in [0.05, 0.1) is 11.5 Å². The third-order valence-corrected chi connectivity index (χ3v) is 6.24. The van der Waals surface area contributed by atoms with Crippen molar-refractivity contribution < 1.29 is 22.7 Å². The van der Waals surface area contributed by atoms with E-state index in [-0.39, 0.29) is 30.5 Å². The van der Waals surface area contributed by atoms with E-state index < -0.39 is 27.6 Å². The highest BCUT2D eigenvalue weighted by atomic mass is 35.5. The summed E-state index contributed by atoms with van der Waals surface area (Å²) in [5.74, 6) is 0.0634. The van der Waals surface area contributed by atoms with Gasteiger partial charge in [0.1, 0.15) is 5.75 Å². The summed E-state index contributed by atoms with van der Waals surface area (Å²) in [6, 6.07) is 4.59. The van der Waals surface area contributed by atoms with Gasteiger partial charge in [0, 0.05) is 18.5 Å². The highest BCUT2D eigenvalue weighted by Gasteiger charge is 2.34. The van der Waals surface area contributed by atoms with E-state index in [1.165, 1.54) is 6.07 Å². The van der Waals surface area contributed by atoms with Crippen LogP contribution in [0.25, 0.3) is 0 Å². The van der Waals surface area contributed by atoms with Gasteiger partial charge in [-0.3, -0.25) is 0 Å². The van der Waals surface area contributed by atoms with Crippen molar-refractivity contribution in [2.24, 2.45) is 5.73 Å². The molecule has 0 fully saturated rings. The molecule has 148 valence electrons. The minimum atomic E-state index is -3.73. The van der Waals surface area contributed by atoms with Crippen molar-refractivity contribution in [3.63, 3.8) is 0 Å². The fourth-order valence-corrected chi connectivity index (χ4v) is 4.43. The number of carbonyl (C=O) groups is 1. The Morgan fingerprint density at radius 1 is 1.35 bits per heavy atom. The van der Waals surface area contributed by atoms with Crippen LogP contribution in [0.4, 0.5) is 0 Å². The molecule has 1 aliphatic rings. The molecule has 9 heteroatoms. The first kappa shape index (κ1) is 22.7. The zero-order valence-corrected chi connectivity index (χ0v) is 16.9. The zero-order valence-electron chi connectivity index (χ0n) is 15.3. The Balaban J connectivity index is 0.00000338. The fraction of sp³-hybridized carbons (Fsp3) is 0.588. The molecule has 0 amide bonds. The molecule has 3 N–H and O–H groups in total. The molecule has 0 bridgehead atoms. The lowest BCUT2D eigenvalue weighted by atomic mass is 9.95. The third-order valence-electron chi connectivity index (χ3n) is 4.66. The van der Waals surface area contributed by atoms with Crippen molar-refractivity contribution >= 4 is 28.4 Å². The monoisotopic (exact) mass is 406 g/mol. The number of fused-ring (bicyclic) bond motifs is 1. The topological polar surface area (TPSA) is 108 Å². The molecule has 0 aliphatic carbocycles. The summed E-state index contributed by atoms with van der Waals surface area (Å²) in [6.07, 6.45) is 0.757. The Morgan fingerprint density at radius 2 is 2.00 bits per heavy atom. The lowest BCUT2D eigenvalue weighted by Crippen LogP contribution is -2.52. The number of hydrogen-bond acceptors (Lipinski definition) is 6. The van der Waals surface area contributed by atoms with Gasteiger partial charge < -0.3 is 15.2 Å². The maximum absolute atomic E-state index is 12.7. The smallest absolute Gasteiger partial charge is 0.347 e. The summed E-state index contributed by atoms with van der Waals surface area (Å²) in [7, 11) is -3.73. The minimum Gasteiger partial charge on any atom is -0.478 e. The number of nitrogens with two attached hydrogens (primary N) is 1. The summed E-state index contributed by atoms with van der Waals surface area (Å²) in [5.41, 5.74) is 5.79. The van der Waals surface area contributed by atoms with E-state index >= 15 is 0 Å². The first-order chi connectivity index (χ1) is 11.8. The molecule has 0 radical (unpaired) electrons. The van der Waals surface area contributed by atoms with E-state index in [0.29, 0.717) is 30.6 Å². The zero-order chi connectivity index (χ0) is 18.7. The maximum atomic E-state index is 12.7. The Kier molecular flexibility index (Phi) is 7.88. The van der Waals surface area contributed by atoms with Crippen LogP contribution in [-0.4, -0.2) is 39.2 Å². The molecular weight excluding hydrogens is 380 g/mol. The molecule has 1 aromatic rings. The SMILES string of the molecule is CCOC(=O)C1Cc2cc(S(=O)(=O)NC(CC)(CC)CN)ccc2O1.Cl. The fourth-order valence-electron chi connectivity index (χ4n) is 2.83. The molecule has 26 heavy (non-hydrogen) atoms. The molecule has 0 aromatic heterocycles. The van der Waals surface area contributed by atoms with Crippen LogP contribution in [0.3, 0.4) is 0 Å². The van der Waals surface area contributed by atoms with Gasteiger partial charge in [-0.25, -0.2) is 17.9 Å². The van der Waals surface area contributed by atoms with E-state index in [4.69, 9.17) is 15.2 Å². The van der Waals surface area contributed by atoms with E-state index in [0.717, 1.165) is 0 Å². The van der Waals surface area contributed by atoms with Crippen LogP contribution in [0, 0.1) is 0 Å². The van der Waals surface area contributed by atoms with Gasteiger partial charge in [-0.15, -0.1) is 12.4 Å². The highest BCUT2D eigenvalue weighted by molar-refractivity contribution is 7.89. The number of benzene rings is 1. The molecule has 1 unspecified atom stereocenters. The van der Waals surface area contributed by atoms with E-state index in [1.54, 1.807) is 19.1 Å². The molecule has 2 rings (SSSR count). The summed E-state index contributed by atoms with van der Waals surface area (Å²) in [6.45, 7) is 6.02. The maximum Gasteiger partial charge on any atom is 0.347 e. The standard InChI is InChI=1S/C17H26N2O5S.ClH/c1-4-17(5-2,11-18)19-25(21,22)13-7-8-14-12(9-13)10-15(24-14)16(20)23-6-3;/h7-9,15,19H,4-6,10-11,18H2,1-3H3;1H. The van der Waals surface area contributed by atoms with Gasteiger partial charge in [0.15, 0.2) is 6.10 Å². The number of carbonyl (C=O) groups excluding carboxylic acids is 1. The number of rotatable bonds is 8. The second-order valence-corrected chi connectivity index (χ2v) is 7.81. The average Bonchev–Trinajstić information content (AvgIpc) is 3.03. The minimum absolute atomic E-state index is 0. The van der Waals surface area contributed by atoms with Crippen LogP contribution >= 0.6 is 12.4 Å². The first-order valence-electron chi connectivity index (χ1n) is 8.51. The molecule has 0 spiro atoms. The summed E-state index contributed by atoms with van der Waals surface area (Å²) >= 11 is 0. The molecule has 1 atom stereocenters. The van der Waals surface area contributed by atoms with Gasteiger partial charge in [-0.1, -0.05) is 13.8 Å². The number of sulfonamides is 1. The summed E-state index contributed by atoms with van der Waals surface area (Å²) in [5, 5.41) is 0. The second kappa shape index (κ2) is 9.03. The van der Waals surface area contributed by atoms with Crippen LogP contribution < -0.4 is 15.2 Å². The van der Waals surface area contributed by atoms with Gasteiger partial charge in [0.2, 0.25) is 10.0 Å². The van der Waals surface area contributed by atoms with Crippen molar-refractivity contribution in [3.05, 3.63) is 23.8 Å². The van der Waals surface area contributed by atoms with Gasteiger partial charge in [-0.2, -0.15) is 0 Å². The highest BCUT2D eigenvalue weighted by Crippen LogP contribution is 2.32. The van der Waals surface area contributed by atoms with Crippen LogP contribution in [0.1, 0.15) is 39.2 Å². The van der Waals surface area contributed by atoms with Crippen LogP contribution in [0.5, 0.6) is 5.75 Å². The van der Waals surface area contributed by atoms with Crippen molar-refractivity contribution in [3.8, 4) is 5.75 Å². The number of halogens is 1. The predicted octanol–water partition coefficient (Wildman–Crippen LogP) is 1.77. The Bertz CT molecular complexity index is 726. The van der Waals surface area contributed by atoms with Crippen molar-refractivity contribution in [2.45, 2.75) is 56.6 Å². The third kappa shape index (κ3) is 4.68. The Hall–Kier alpha value is -1.35. The largest absolute Gasteiger partial charge is 0.478 e. The predicted molar refractivity (Wildman–Crippen MR) is 101 cm³/mol. The second-order valence-electron chi connectivity index (χ2n) is 6.13. The van der Waals surface area contributed by atoms with Gasteiger partial charge in [-0.05, 0) is 43.5 Å². The number of ether oxygens (including phenoxy) is 2. The van der Waals surface area contributed by atoms with Crippen LogP contribution in [0.2, 0.25) is 0 Å². The van der Waals surface area contributed by atoms with Gasteiger partial charge in [0.25, 0.3) is 0 Å². The number of esters is 1. The normalized spacial score (nSPS) is 16.4.